The molecule has 4 nitrogen and oxygen atoms in total. The standard InChI is InChI=1S/C11H24N2O.C7H8.2ClH.Na.H2O.H/c1-5-6-7-8-9-10(14)13(12)11(2,3)4;1-7-5-3-2-4-6-7;;;;;/h5-9,12H2,1-4H3;2-6H,1H3;2*1H;;1H2;. The summed E-state index contributed by atoms with van der Waals surface area (Å²) in [5, 5.41) is 1.35. The summed E-state index contributed by atoms with van der Waals surface area (Å²) in [4.78, 5) is 11.6. The van der Waals surface area contributed by atoms with Crippen LogP contribution in [0.3, 0.4) is 0 Å². The van der Waals surface area contributed by atoms with Gasteiger partial charge in [0, 0.05) is 6.42 Å². The van der Waals surface area contributed by atoms with Gasteiger partial charge in [0.2, 0.25) is 5.91 Å². The number of carbonyl (C=O) groups is 1. The Labute approximate surface area is 188 Å². The van der Waals surface area contributed by atoms with E-state index in [1.165, 1.54) is 23.4 Å². The van der Waals surface area contributed by atoms with Gasteiger partial charge in [-0.05, 0) is 34.1 Å². The summed E-state index contributed by atoms with van der Waals surface area (Å²) >= 11 is 0. The first-order chi connectivity index (χ1) is 9.79. The van der Waals surface area contributed by atoms with Crippen molar-refractivity contribution in [2.75, 3.05) is 0 Å². The van der Waals surface area contributed by atoms with Crippen LogP contribution in [0.15, 0.2) is 30.3 Å². The number of amides is 1. The number of unbranched alkanes of at least 4 members (excludes halogenated alkanes) is 3. The number of aryl methyl sites for hydroxylation is 1. The molecule has 0 aliphatic rings. The van der Waals surface area contributed by atoms with E-state index in [2.05, 4.69) is 26.0 Å². The third-order valence-corrected chi connectivity index (χ3v) is 3.18. The van der Waals surface area contributed by atoms with Crippen molar-refractivity contribution in [1.82, 2.24) is 5.01 Å². The third kappa shape index (κ3) is 20.4. The molecule has 0 aliphatic carbocycles. The third-order valence-electron chi connectivity index (χ3n) is 3.18. The van der Waals surface area contributed by atoms with Crippen LogP contribution in [0, 0.1) is 6.92 Å². The molecule has 0 fully saturated rings. The molecule has 0 spiro atoms. The molecule has 0 bridgehead atoms. The molecule has 25 heavy (non-hydrogen) atoms. The van der Waals surface area contributed by atoms with Crippen LogP contribution in [0.1, 0.15) is 65.4 Å². The number of hydrogen-bond donors (Lipinski definition) is 1. The second kappa shape index (κ2) is 20.5. The summed E-state index contributed by atoms with van der Waals surface area (Å²) in [6.07, 6.45) is 5.05. The van der Waals surface area contributed by atoms with Gasteiger partial charge >= 0.3 is 29.6 Å². The summed E-state index contributed by atoms with van der Waals surface area (Å²) < 4.78 is 0. The van der Waals surface area contributed by atoms with E-state index in [1.807, 2.05) is 39.0 Å². The van der Waals surface area contributed by atoms with Gasteiger partial charge in [-0.2, -0.15) is 0 Å². The molecule has 146 valence electrons. The van der Waals surface area contributed by atoms with E-state index in [0.717, 1.165) is 12.8 Å². The van der Waals surface area contributed by atoms with Gasteiger partial charge in [-0.1, -0.05) is 62.1 Å². The van der Waals surface area contributed by atoms with Crippen LogP contribution in [0.2, 0.25) is 0 Å². The fourth-order valence-electron chi connectivity index (χ4n) is 1.73. The van der Waals surface area contributed by atoms with Crippen molar-refractivity contribution in [3.8, 4) is 0 Å². The van der Waals surface area contributed by atoms with E-state index in [-0.39, 0.29) is 71.3 Å². The predicted molar refractivity (Wildman–Crippen MR) is 116 cm³/mol. The molecule has 0 atom stereocenters. The number of hydrazine groups is 1. The number of hydrogen-bond acceptors (Lipinski definition) is 2. The Kier molecular flexibility index (Phi) is 29.7. The van der Waals surface area contributed by atoms with E-state index in [9.17, 15) is 4.79 Å². The van der Waals surface area contributed by atoms with Crippen LogP contribution >= 0.6 is 24.8 Å². The van der Waals surface area contributed by atoms with Crippen LogP contribution in [-0.4, -0.2) is 51.5 Å². The normalized spacial score (nSPS) is 8.88. The molecule has 0 heterocycles. The molecule has 1 aromatic carbocycles. The van der Waals surface area contributed by atoms with Crippen LogP contribution in [0.4, 0.5) is 0 Å². The second-order valence-corrected chi connectivity index (χ2v) is 6.40. The number of benzene rings is 1. The SMILES string of the molecule is CCCCCCC(=O)N(N)C(C)(C)C.Cc1ccccc1.Cl.Cl.O.[NaH]. The first-order valence-electron chi connectivity index (χ1n) is 7.88. The summed E-state index contributed by atoms with van der Waals surface area (Å²) in [7, 11) is 0. The van der Waals surface area contributed by atoms with Crippen molar-refractivity contribution in [2.45, 2.75) is 72.3 Å². The number of nitrogens with two attached hydrogens (primary N) is 1. The van der Waals surface area contributed by atoms with Gasteiger partial charge in [0.25, 0.3) is 0 Å². The molecule has 4 N–H and O–H groups in total. The Hall–Kier alpha value is 0.190. The van der Waals surface area contributed by atoms with Crippen molar-refractivity contribution in [3.63, 3.8) is 0 Å². The Morgan fingerprint density at radius 1 is 1.04 bits per heavy atom. The zero-order valence-corrected chi connectivity index (χ0v) is 17.3. The molecule has 1 amide bonds. The molecule has 0 radical (unpaired) electrons. The molecule has 7 heteroatoms. The molecular weight excluding hydrogens is 370 g/mol. The van der Waals surface area contributed by atoms with E-state index >= 15 is 0 Å². The van der Waals surface area contributed by atoms with E-state index in [4.69, 9.17) is 5.84 Å². The zero-order chi connectivity index (χ0) is 16.3. The van der Waals surface area contributed by atoms with Gasteiger partial charge in [0.1, 0.15) is 0 Å². The van der Waals surface area contributed by atoms with Gasteiger partial charge in [0.05, 0.1) is 5.54 Å². The molecule has 0 aromatic heterocycles. The van der Waals surface area contributed by atoms with Gasteiger partial charge in [0.15, 0.2) is 0 Å². The average molecular weight is 407 g/mol. The summed E-state index contributed by atoms with van der Waals surface area (Å²) in [6.45, 7) is 10.1. The van der Waals surface area contributed by atoms with E-state index in [0.29, 0.717) is 6.42 Å². The Balaban J connectivity index is -0.000000105. The zero-order valence-electron chi connectivity index (χ0n) is 15.7. The fraction of sp³-hybridized carbons (Fsp3) is 0.611. The molecule has 0 saturated heterocycles. The topological polar surface area (TPSA) is 77.8 Å². The Morgan fingerprint density at radius 3 is 1.84 bits per heavy atom. The van der Waals surface area contributed by atoms with E-state index < -0.39 is 0 Å². The fourth-order valence-corrected chi connectivity index (χ4v) is 1.73. The first kappa shape index (κ1) is 36.2. The van der Waals surface area contributed by atoms with Gasteiger partial charge < -0.3 is 5.48 Å². The second-order valence-electron chi connectivity index (χ2n) is 6.40. The van der Waals surface area contributed by atoms with Gasteiger partial charge in [-0.3, -0.25) is 9.80 Å². The number of rotatable bonds is 5. The number of carbonyl (C=O) groups excluding carboxylic acids is 1. The van der Waals surface area contributed by atoms with Crippen molar-refractivity contribution < 1.29 is 10.3 Å². The van der Waals surface area contributed by atoms with Crippen LogP contribution in [-0.2, 0) is 4.79 Å². The maximum absolute atomic E-state index is 11.6. The monoisotopic (exact) mass is 406 g/mol. The molecular formula is C18H37Cl2N2NaO2. The van der Waals surface area contributed by atoms with E-state index in [1.54, 1.807) is 0 Å². The first-order valence-corrected chi connectivity index (χ1v) is 7.88. The quantitative estimate of drug-likeness (QED) is 0.265. The van der Waals surface area contributed by atoms with Crippen LogP contribution < -0.4 is 5.84 Å². The molecule has 1 rings (SSSR count). The molecule has 0 aliphatic heterocycles. The van der Waals surface area contributed by atoms with Crippen molar-refractivity contribution >= 4 is 60.3 Å². The van der Waals surface area contributed by atoms with Crippen molar-refractivity contribution in [2.24, 2.45) is 5.84 Å². The predicted octanol–water partition coefficient (Wildman–Crippen LogP) is 3.82. The Bertz CT molecular complexity index is 402. The maximum atomic E-state index is 11.6. The minimum absolute atomic E-state index is 0. The summed E-state index contributed by atoms with van der Waals surface area (Å²) in [5.41, 5.74) is 1.06. The Morgan fingerprint density at radius 2 is 1.52 bits per heavy atom. The summed E-state index contributed by atoms with van der Waals surface area (Å²) in [6, 6.07) is 10.3. The van der Waals surface area contributed by atoms with Gasteiger partial charge in [-0.25, -0.2) is 5.84 Å². The van der Waals surface area contributed by atoms with Crippen molar-refractivity contribution in [1.29, 1.82) is 0 Å². The molecule has 0 unspecified atom stereocenters. The molecule has 0 saturated carbocycles. The van der Waals surface area contributed by atoms with Gasteiger partial charge in [-0.15, -0.1) is 24.8 Å². The van der Waals surface area contributed by atoms with Crippen LogP contribution in [0.25, 0.3) is 0 Å². The minimum atomic E-state index is -0.262. The molecule has 1 aromatic rings. The number of nitrogens with zero attached hydrogens (tertiary/aromatic N) is 1. The number of halogens is 2. The average Bonchev–Trinajstić information content (AvgIpc) is 2.43. The van der Waals surface area contributed by atoms with Crippen LogP contribution in [0.5, 0.6) is 0 Å². The summed E-state index contributed by atoms with van der Waals surface area (Å²) in [5.74, 6) is 5.74. The van der Waals surface area contributed by atoms with Crippen molar-refractivity contribution in [3.05, 3.63) is 35.9 Å².